The number of amides is 1. The zero-order valence-electron chi connectivity index (χ0n) is 10.8. The van der Waals surface area contributed by atoms with E-state index in [0.29, 0.717) is 11.3 Å². The summed E-state index contributed by atoms with van der Waals surface area (Å²) in [4.78, 5) is 15.9. The highest BCUT2D eigenvalue weighted by molar-refractivity contribution is 6.31. The van der Waals surface area contributed by atoms with E-state index in [4.69, 9.17) is 11.6 Å². The van der Waals surface area contributed by atoms with E-state index in [9.17, 15) is 18.0 Å². The van der Waals surface area contributed by atoms with Gasteiger partial charge in [0.2, 0.25) is 0 Å². The number of hydrogen-bond donors (Lipinski definition) is 1. The molecule has 21 heavy (non-hydrogen) atoms. The first-order valence-electron chi connectivity index (χ1n) is 5.88. The van der Waals surface area contributed by atoms with E-state index < -0.39 is 22.7 Å². The number of anilines is 1. The van der Waals surface area contributed by atoms with Crippen molar-refractivity contribution in [3.8, 4) is 0 Å². The number of nitrogens with zero attached hydrogens (tertiary/aromatic N) is 1. The third-order valence-corrected chi connectivity index (χ3v) is 3.02. The SMILES string of the molecule is Cc1cc(C(=O)Nc2ccc(Cl)c(C(F)(F)F)c2)ccn1. The van der Waals surface area contributed by atoms with Crippen LogP contribution in [0.25, 0.3) is 0 Å². The molecule has 2 rings (SSSR count). The van der Waals surface area contributed by atoms with Gasteiger partial charge >= 0.3 is 6.18 Å². The molecule has 1 heterocycles. The fourth-order valence-electron chi connectivity index (χ4n) is 1.71. The predicted octanol–water partition coefficient (Wildman–Crippen LogP) is 4.31. The van der Waals surface area contributed by atoms with Crippen molar-refractivity contribution in [2.24, 2.45) is 0 Å². The van der Waals surface area contributed by atoms with Crippen molar-refractivity contribution >= 4 is 23.2 Å². The zero-order valence-corrected chi connectivity index (χ0v) is 11.6. The van der Waals surface area contributed by atoms with Gasteiger partial charge in [-0.3, -0.25) is 9.78 Å². The number of aryl methyl sites for hydroxylation is 1. The van der Waals surface area contributed by atoms with Crippen LogP contribution in [0, 0.1) is 6.92 Å². The van der Waals surface area contributed by atoms with Gasteiger partial charge in [0, 0.05) is 23.1 Å². The molecule has 0 aliphatic heterocycles. The molecule has 0 saturated heterocycles. The average molecular weight is 315 g/mol. The maximum absolute atomic E-state index is 12.7. The molecular formula is C14H10ClF3N2O. The summed E-state index contributed by atoms with van der Waals surface area (Å²) in [5.74, 6) is -0.518. The lowest BCUT2D eigenvalue weighted by Crippen LogP contribution is -2.13. The Bertz CT molecular complexity index is 686. The summed E-state index contributed by atoms with van der Waals surface area (Å²) in [6, 6.07) is 6.22. The van der Waals surface area contributed by atoms with E-state index in [1.807, 2.05) is 0 Å². The molecule has 0 aliphatic rings. The van der Waals surface area contributed by atoms with E-state index >= 15 is 0 Å². The molecule has 0 radical (unpaired) electrons. The molecular weight excluding hydrogens is 305 g/mol. The highest BCUT2D eigenvalue weighted by Crippen LogP contribution is 2.36. The van der Waals surface area contributed by atoms with Crippen LogP contribution in [0.1, 0.15) is 21.6 Å². The summed E-state index contributed by atoms with van der Waals surface area (Å²) in [5, 5.41) is 1.98. The number of halogens is 4. The van der Waals surface area contributed by atoms with Crippen LogP contribution >= 0.6 is 11.6 Å². The van der Waals surface area contributed by atoms with E-state index in [1.54, 1.807) is 6.92 Å². The Morgan fingerprint density at radius 1 is 1.24 bits per heavy atom. The molecule has 0 atom stereocenters. The minimum Gasteiger partial charge on any atom is -0.322 e. The molecule has 1 aromatic carbocycles. The molecule has 0 spiro atoms. The molecule has 0 bridgehead atoms. The smallest absolute Gasteiger partial charge is 0.322 e. The number of aromatic nitrogens is 1. The Kier molecular flexibility index (Phi) is 4.18. The molecule has 1 amide bonds. The second-order valence-corrected chi connectivity index (χ2v) is 4.74. The highest BCUT2D eigenvalue weighted by atomic mass is 35.5. The zero-order chi connectivity index (χ0) is 15.6. The lowest BCUT2D eigenvalue weighted by atomic mass is 10.1. The van der Waals surface area contributed by atoms with Gasteiger partial charge in [-0.2, -0.15) is 13.2 Å². The van der Waals surface area contributed by atoms with Crippen LogP contribution < -0.4 is 5.32 Å². The Balaban J connectivity index is 2.26. The van der Waals surface area contributed by atoms with Crippen LogP contribution in [0.5, 0.6) is 0 Å². The Labute approximate surface area is 123 Å². The lowest BCUT2D eigenvalue weighted by molar-refractivity contribution is -0.137. The molecule has 0 unspecified atom stereocenters. The molecule has 7 heteroatoms. The van der Waals surface area contributed by atoms with Crippen LogP contribution in [0.4, 0.5) is 18.9 Å². The summed E-state index contributed by atoms with van der Waals surface area (Å²) in [5.41, 5.74) is -0.0280. The second kappa shape index (κ2) is 5.73. The molecule has 110 valence electrons. The van der Waals surface area contributed by atoms with Gasteiger partial charge in [-0.05, 0) is 37.3 Å². The first-order chi connectivity index (χ1) is 9.77. The summed E-state index contributed by atoms with van der Waals surface area (Å²) < 4.78 is 38.2. The minimum atomic E-state index is -4.58. The quantitative estimate of drug-likeness (QED) is 0.897. The number of pyridine rings is 1. The van der Waals surface area contributed by atoms with Gasteiger partial charge in [0.05, 0.1) is 10.6 Å². The third-order valence-electron chi connectivity index (χ3n) is 2.69. The largest absolute Gasteiger partial charge is 0.417 e. The van der Waals surface area contributed by atoms with Crippen LogP contribution in [0.2, 0.25) is 5.02 Å². The topological polar surface area (TPSA) is 42.0 Å². The van der Waals surface area contributed by atoms with Gasteiger partial charge in [-0.1, -0.05) is 11.6 Å². The first kappa shape index (κ1) is 15.3. The van der Waals surface area contributed by atoms with E-state index in [-0.39, 0.29) is 5.69 Å². The molecule has 1 aromatic heterocycles. The third kappa shape index (κ3) is 3.72. The second-order valence-electron chi connectivity index (χ2n) is 4.33. The fraction of sp³-hybridized carbons (Fsp3) is 0.143. The number of rotatable bonds is 2. The van der Waals surface area contributed by atoms with Crippen molar-refractivity contribution < 1.29 is 18.0 Å². The molecule has 2 aromatic rings. The Hall–Kier alpha value is -2.08. The fourth-order valence-corrected chi connectivity index (χ4v) is 1.94. The van der Waals surface area contributed by atoms with Crippen molar-refractivity contribution in [2.75, 3.05) is 5.32 Å². The predicted molar refractivity (Wildman–Crippen MR) is 73.4 cm³/mol. The van der Waals surface area contributed by atoms with Crippen molar-refractivity contribution in [3.05, 3.63) is 58.4 Å². The molecule has 1 N–H and O–H groups in total. The van der Waals surface area contributed by atoms with E-state index in [1.165, 1.54) is 24.4 Å². The first-order valence-corrected chi connectivity index (χ1v) is 6.26. The van der Waals surface area contributed by atoms with Crippen LogP contribution in [-0.2, 0) is 6.18 Å². The summed E-state index contributed by atoms with van der Waals surface area (Å²) in [6.45, 7) is 1.71. The molecule has 0 fully saturated rings. The maximum atomic E-state index is 12.7. The van der Waals surface area contributed by atoms with Crippen molar-refractivity contribution in [1.29, 1.82) is 0 Å². The molecule has 0 saturated carbocycles. The van der Waals surface area contributed by atoms with Gasteiger partial charge in [-0.15, -0.1) is 0 Å². The number of nitrogens with one attached hydrogen (secondary N) is 1. The van der Waals surface area contributed by atoms with Gasteiger partial charge in [0.15, 0.2) is 0 Å². The van der Waals surface area contributed by atoms with Gasteiger partial charge in [0.25, 0.3) is 5.91 Å². The van der Waals surface area contributed by atoms with Gasteiger partial charge in [0.1, 0.15) is 0 Å². The highest BCUT2D eigenvalue weighted by Gasteiger charge is 2.33. The average Bonchev–Trinajstić information content (AvgIpc) is 2.39. The Morgan fingerprint density at radius 2 is 1.95 bits per heavy atom. The van der Waals surface area contributed by atoms with Crippen molar-refractivity contribution in [2.45, 2.75) is 13.1 Å². The normalized spacial score (nSPS) is 11.3. The van der Waals surface area contributed by atoms with Crippen molar-refractivity contribution in [3.63, 3.8) is 0 Å². The van der Waals surface area contributed by atoms with Crippen molar-refractivity contribution in [1.82, 2.24) is 4.98 Å². The number of carbonyl (C=O) groups excluding carboxylic acids is 1. The summed E-state index contributed by atoms with van der Waals surface area (Å²) >= 11 is 5.51. The number of hydrogen-bond acceptors (Lipinski definition) is 2. The summed E-state index contributed by atoms with van der Waals surface area (Å²) in [7, 11) is 0. The molecule has 3 nitrogen and oxygen atoms in total. The van der Waals surface area contributed by atoms with Crippen LogP contribution in [0.3, 0.4) is 0 Å². The van der Waals surface area contributed by atoms with E-state index in [2.05, 4.69) is 10.3 Å². The van der Waals surface area contributed by atoms with Gasteiger partial charge < -0.3 is 5.32 Å². The van der Waals surface area contributed by atoms with Crippen LogP contribution in [0.15, 0.2) is 36.5 Å². The Morgan fingerprint density at radius 3 is 2.57 bits per heavy atom. The van der Waals surface area contributed by atoms with E-state index in [0.717, 1.165) is 12.1 Å². The lowest BCUT2D eigenvalue weighted by Gasteiger charge is -2.12. The maximum Gasteiger partial charge on any atom is 0.417 e. The standard InChI is InChI=1S/C14H10ClF3N2O/c1-8-6-9(4-5-19-8)13(21)20-10-2-3-12(15)11(7-10)14(16,17)18/h2-7H,1H3,(H,20,21). The monoisotopic (exact) mass is 314 g/mol. The van der Waals surface area contributed by atoms with Gasteiger partial charge in [-0.25, -0.2) is 0 Å². The molecule has 0 aliphatic carbocycles. The number of alkyl halides is 3. The van der Waals surface area contributed by atoms with Crippen LogP contribution in [-0.4, -0.2) is 10.9 Å². The number of carbonyl (C=O) groups is 1. The number of benzene rings is 1. The minimum absolute atomic E-state index is 0.0196. The summed E-state index contributed by atoms with van der Waals surface area (Å²) in [6.07, 6.45) is -3.13.